The summed E-state index contributed by atoms with van der Waals surface area (Å²) in [7, 11) is 1.35. The number of esters is 1. The highest BCUT2D eigenvalue weighted by Crippen LogP contribution is 2.33. The molecular weight excluding hydrogens is 356 g/mol. The van der Waals surface area contributed by atoms with Crippen LogP contribution in [0.4, 0.5) is 0 Å². The first-order valence-corrected chi connectivity index (χ1v) is 7.98. The normalized spacial score (nSPS) is 13.7. The third kappa shape index (κ3) is 2.63. The second-order valence-corrected chi connectivity index (χ2v) is 7.13. The molecule has 116 valence electrons. The van der Waals surface area contributed by atoms with Crippen molar-refractivity contribution in [2.75, 3.05) is 7.11 Å². The number of carbonyl (C=O) groups excluding carboxylic acids is 1. The Bertz CT molecular complexity index is 977. The minimum absolute atomic E-state index is 0.0125. The Hall–Kier alpha value is -2.20. The summed E-state index contributed by atoms with van der Waals surface area (Å²) in [6.45, 7) is 1.73. The van der Waals surface area contributed by atoms with Gasteiger partial charge in [0.1, 0.15) is 4.32 Å². The molecule has 0 fully saturated rings. The molecule has 0 amide bonds. The summed E-state index contributed by atoms with van der Waals surface area (Å²) < 4.78 is 3.89. The molecule has 3 nitrogen and oxygen atoms in total. The fourth-order valence-corrected chi connectivity index (χ4v) is 3.09. The maximum absolute atomic E-state index is 12.7. The number of fused-ring (bicyclic) bond motifs is 2. The van der Waals surface area contributed by atoms with Gasteiger partial charge in [0.2, 0.25) is 0 Å². The van der Waals surface area contributed by atoms with Crippen LogP contribution in [0.25, 0.3) is 21.5 Å². The van der Waals surface area contributed by atoms with Crippen LogP contribution in [0.2, 0.25) is 0 Å². The Morgan fingerprint density at radius 2 is 1.65 bits per heavy atom. The molecule has 4 heteroatoms. The van der Waals surface area contributed by atoms with Gasteiger partial charge >= 0.3 is 5.97 Å². The Morgan fingerprint density at radius 1 is 1.00 bits per heavy atom. The Balaban J connectivity index is 2.32. The van der Waals surface area contributed by atoms with Crippen LogP contribution in [-0.4, -0.2) is 13.1 Å². The molecule has 0 saturated heterocycles. The predicted octanol–water partition coefficient (Wildman–Crippen LogP) is 4.14. The van der Waals surface area contributed by atoms with Crippen LogP contribution in [0.5, 0.6) is 0 Å². The van der Waals surface area contributed by atoms with Gasteiger partial charge in [-0.2, -0.15) is 0 Å². The summed E-state index contributed by atoms with van der Waals surface area (Å²) in [5, 5.41) is 3.00. The first kappa shape index (κ1) is 15.7. The van der Waals surface area contributed by atoms with Crippen molar-refractivity contribution in [1.82, 2.24) is 0 Å². The van der Waals surface area contributed by atoms with Crippen molar-refractivity contribution >= 4 is 43.4 Å². The minimum Gasteiger partial charge on any atom is -0.468 e. The summed E-state index contributed by atoms with van der Waals surface area (Å²) in [4.78, 5) is 24.7. The minimum atomic E-state index is -0.952. The molecule has 0 saturated carbocycles. The standard InChI is InChI=1S/C19H15BrO3/c1-19(20,18(22)23-2)14-9-10-16-13(11-14)8-7-12-5-3-4-6-15(12)17(16)21/h3-11H,1-2H3/t19-/m0/s1. The van der Waals surface area contributed by atoms with Gasteiger partial charge in [0, 0.05) is 10.8 Å². The second-order valence-electron chi connectivity index (χ2n) is 5.55. The summed E-state index contributed by atoms with van der Waals surface area (Å²) >= 11 is 3.42. The Morgan fingerprint density at radius 3 is 2.39 bits per heavy atom. The quantitative estimate of drug-likeness (QED) is 0.503. The van der Waals surface area contributed by atoms with E-state index in [-0.39, 0.29) is 11.4 Å². The smallest absolute Gasteiger partial charge is 0.326 e. The maximum Gasteiger partial charge on any atom is 0.326 e. The molecule has 3 aromatic rings. The zero-order valence-electron chi connectivity index (χ0n) is 12.8. The van der Waals surface area contributed by atoms with Gasteiger partial charge in [-0.05, 0) is 29.3 Å². The van der Waals surface area contributed by atoms with E-state index < -0.39 is 4.32 Å². The summed E-state index contributed by atoms with van der Waals surface area (Å²) in [5.74, 6) is -0.385. The van der Waals surface area contributed by atoms with Crippen LogP contribution in [0.1, 0.15) is 12.5 Å². The van der Waals surface area contributed by atoms with E-state index in [0.29, 0.717) is 10.8 Å². The fourth-order valence-electron chi connectivity index (χ4n) is 2.68. The molecule has 0 aliphatic rings. The van der Waals surface area contributed by atoms with Crippen molar-refractivity contribution < 1.29 is 9.53 Å². The maximum atomic E-state index is 12.7. The third-order valence-corrected chi connectivity index (χ3v) is 4.84. The van der Waals surface area contributed by atoms with E-state index in [1.165, 1.54) is 7.11 Å². The Labute approximate surface area is 142 Å². The van der Waals surface area contributed by atoms with Gasteiger partial charge in [-0.15, -0.1) is 0 Å². The number of methoxy groups -OCH3 is 1. The second kappa shape index (κ2) is 5.78. The molecule has 3 aromatic carbocycles. The van der Waals surface area contributed by atoms with Crippen molar-refractivity contribution in [1.29, 1.82) is 0 Å². The highest BCUT2D eigenvalue weighted by Gasteiger charge is 2.33. The van der Waals surface area contributed by atoms with Crippen molar-refractivity contribution in [3.05, 3.63) is 70.4 Å². The summed E-state index contributed by atoms with van der Waals surface area (Å²) in [5.41, 5.74) is 0.730. The fraction of sp³-hybridized carbons (Fsp3) is 0.158. The lowest BCUT2D eigenvalue weighted by molar-refractivity contribution is -0.143. The molecular formula is C19H15BrO3. The van der Waals surface area contributed by atoms with Gasteiger partial charge in [-0.3, -0.25) is 9.59 Å². The van der Waals surface area contributed by atoms with Gasteiger partial charge in [0.15, 0.2) is 5.43 Å². The van der Waals surface area contributed by atoms with Crippen LogP contribution in [0.15, 0.2) is 59.4 Å². The molecule has 0 spiro atoms. The van der Waals surface area contributed by atoms with E-state index in [0.717, 1.165) is 16.3 Å². The van der Waals surface area contributed by atoms with Crippen LogP contribution >= 0.6 is 15.9 Å². The molecule has 0 bridgehead atoms. The first-order valence-electron chi connectivity index (χ1n) is 7.19. The number of alkyl halides is 1. The third-order valence-electron chi connectivity index (χ3n) is 4.05. The van der Waals surface area contributed by atoms with Gasteiger partial charge in [0.25, 0.3) is 0 Å². The number of hydrogen-bond acceptors (Lipinski definition) is 3. The highest BCUT2D eigenvalue weighted by molar-refractivity contribution is 9.10. The molecule has 3 rings (SSSR count). The lowest BCUT2D eigenvalue weighted by atomic mass is 9.98. The number of benzene rings is 2. The van der Waals surface area contributed by atoms with Crippen molar-refractivity contribution in [3.63, 3.8) is 0 Å². The molecule has 0 radical (unpaired) electrons. The highest BCUT2D eigenvalue weighted by atomic mass is 79.9. The van der Waals surface area contributed by atoms with Crippen LogP contribution in [0, 0.1) is 0 Å². The predicted molar refractivity (Wildman–Crippen MR) is 96.0 cm³/mol. The van der Waals surface area contributed by atoms with Crippen molar-refractivity contribution in [2.24, 2.45) is 0 Å². The summed E-state index contributed by atoms with van der Waals surface area (Å²) in [6, 6.07) is 16.7. The molecule has 0 heterocycles. The van der Waals surface area contributed by atoms with Gasteiger partial charge in [-0.25, -0.2) is 0 Å². The zero-order chi connectivity index (χ0) is 16.6. The average molecular weight is 371 g/mol. The lowest BCUT2D eigenvalue weighted by Gasteiger charge is -2.20. The zero-order valence-corrected chi connectivity index (χ0v) is 14.4. The van der Waals surface area contributed by atoms with Crippen LogP contribution < -0.4 is 5.43 Å². The van der Waals surface area contributed by atoms with Gasteiger partial charge < -0.3 is 4.74 Å². The number of hydrogen-bond donors (Lipinski definition) is 0. The monoisotopic (exact) mass is 370 g/mol. The van der Waals surface area contributed by atoms with Crippen molar-refractivity contribution in [3.8, 4) is 0 Å². The van der Waals surface area contributed by atoms with Crippen LogP contribution in [-0.2, 0) is 13.9 Å². The van der Waals surface area contributed by atoms with Gasteiger partial charge in [-0.1, -0.05) is 64.5 Å². The number of ether oxygens (including phenoxy) is 1. The molecule has 0 aliphatic carbocycles. The average Bonchev–Trinajstić information content (AvgIpc) is 2.71. The number of carbonyl (C=O) groups is 1. The molecule has 0 N–H and O–H groups in total. The number of halogens is 1. The van der Waals surface area contributed by atoms with Gasteiger partial charge in [0.05, 0.1) is 7.11 Å². The van der Waals surface area contributed by atoms with Crippen molar-refractivity contribution in [2.45, 2.75) is 11.2 Å². The topological polar surface area (TPSA) is 43.4 Å². The van der Waals surface area contributed by atoms with E-state index >= 15 is 0 Å². The van der Waals surface area contributed by atoms with Crippen LogP contribution in [0.3, 0.4) is 0 Å². The van der Waals surface area contributed by atoms with E-state index in [9.17, 15) is 9.59 Å². The largest absolute Gasteiger partial charge is 0.468 e. The summed E-state index contributed by atoms with van der Waals surface area (Å²) in [6.07, 6.45) is 0. The molecule has 23 heavy (non-hydrogen) atoms. The first-order chi connectivity index (χ1) is 10.9. The molecule has 0 unspecified atom stereocenters. The molecule has 0 aliphatic heterocycles. The lowest BCUT2D eigenvalue weighted by Crippen LogP contribution is -2.26. The van der Waals surface area contributed by atoms with E-state index in [1.54, 1.807) is 19.1 Å². The SMILES string of the molecule is COC(=O)[C@@](C)(Br)c1ccc2c(=O)c3ccccc3ccc2c1. The molecule has 0 aromatic heterocycles. The number of rotatable bonds is 2. The molecule has 1 atom stereocenters. The van der Waals surface area contributed by atoms with E-state index in [2.05, 4.69) is 15.9 Å². The Kier molecular flexibility index (Phi) is 3.94. The van der Waals surface area contributed by atoms with E-state index in [1.807, 2.05) is 42.5 Å². The van der Waals surface area contributed by atoms with E-state index in [4.69, 9.17) is 4.74 Å².